The van der Waals surface area contributed by atoms with Crippen molar-refractivity contribution in [2.45, 2.75) is 50.1 Å². The molecular weight excluding hydrogens is 378 g/mol. The lowest BCUT2D eigenvalue weighted by Crippen LogP contribution is -2.47. The van der Waals surface area contributed by atoms with Gasteiger partial charge in [0.15, 0.2) is 0 Å². The van der Waals surface area contributed by atoms with Crippen molar-refractivity contribution in [2.75, 3.05) is 0 Å². The summed E-state index contributed by atoms with van der Waals surface area (Å²) in [5.41, 5.74) is 1.37. The van der Waals surface area contributed by atoms with Gasteiger partial charge in [-0.05, 0) is 50.3 Å². The summed E-state index contributed by atoms with van der Waals surface area (Å²) in [7, 11) is -3.65. The smallest absolute Gasteiger partial charge is 0.239 e. The second-order valence-electron chi connectivity index (χ2n) is 7.06. The van der Waals surface area contributed by atoms with Crippen molar-refractivity contribution in [3.63, 3.8) is 0 Å². The Balaban J connectivity index is 1.87. The number of nitrogens with zero attached hydrogens (tertiary/aromatic N) is 3. The molecule has 0 saturated carbocycles. The third kappa shape index (κ3) is 3.35. The zero-order valence-corrected chi connectivity index (χ0v) is 17.1. The monoisotopic (exact) mass is 401 g/mol. The van der Waals surface area contributed by atoms with Crippen molar-refractivity contribution in [1.29, 1.82) is 0 Å². The lowest BCUT2D eigenvalue weighted by atomic mass is 10.0. The van der Waals surface area contributed by atoms with Gasteiger partial charge in [0, 0.05) is 12.1 Å². The molecule has 0 amide bonds. The molecule has 7 heteroatoms. The van der Waals surface area contributed by atoms with Crippen molar-refractivity contribution in [2.24, 2.45) is 0 Å². The van der Waals surface area contributed by atoms with E-state index in [0.717, 1.165) is 29.8 Å². The average molecular weight is 402 g/mol. The van der Waals surface area contributed by atoms with Crippen LogP contribution in [0.25, 0.3) is 16.3 Å². The van der Waals surface area contributed by atoms with Crippen molar-refractivity contribution < 1.29 is 8.42 Å². The Hall–Kier alpha value is -1.96. The molecule has 0 aliphatic carbocycles. The predicted molar refractivity (Wildman–Crippen MR) is 109 cm³/mol. The fourth-order valence-corrected chi connectivity index (χ4v) is 6.63. The molecule has 1 aliphatic rings. The molecule has 5 nitrogen and oxygen atoms in total. The number of thiophene rings is 1. The van der Waals surface area contributed by atoms with Gasteiger partial charge in [0.25, 0.3) is 0 Å². The summed E-state index contributed by atoms with van der Waals surface area (Å²) in [6, 6.07) is 13.5. The number of piperidine rings is 1. The quantitative estimate of drug-likeness (QED) is 0.644. The highest BCUT2D eigenvalue weighted by molar-refractivity contribution is 7.89. The van der Waals surface area contributed by atoms with Crippen LogP contribution in [-0.2, 0) is 10.0 Å². The summed E-state index contributed by atoms with van der Waals surface area (Å²) < 4.78 is 30.6. The molecule has 0 N–H and O–H groups in total. The normalized spacial score (nSPS) is 21.4. The molecule has 4 rings (SSSR count). The van der Waals surface area contributed by atoms with Gasteiger partial charge in [-0.3, -0.25) is 0 Å². The summed E-state index contributed by atoms with van der Waals surface area (Å²) in [5, 5.41) is 6.60. The van der Waals surface area contributed by atoms with E-state index in [0.29, 0.717) is 5.69 Å². The zero-order chi connectivity index (χ0) is 19.0. The van der Waals surface area contributed by atoms with Crippen molar-refractivity contribution in [1.82, 2.24) is 14.1 Å². The number of sulfonamides is 1. The first kappa shape index (κ1) is 18.4. The fraction of sp³-hybridized carbons (Fsp3) is 0.350. The Labute approximate surface area is 164 Å². The summed E-state index contributed by atoms with van der Waals surface area (Å²) >= 11 is 1.50. The third-order valence-corrected chi connectivity index (χ3v) is 8.13. The van der Waals surface area contributed by atoms with Gasteiger partial charge in [-0.1, -0.05) is 30.7 Å². The van der Waals surface area contributed by atoms with E-state index >= 15 is 0 Å². The van der Waals surface area contributed by atoms with E-state index in [2.05, 4.69) is 5.10 Å². The molecule has 1 aromatic carbocycles. The molecule has 2 aromatic heterocycles. The summed E-state index contributed by atoms with van der Waals surface area (Å²) in [6.07, 6.45) is 4.51. The van der Waals surface area contributed by atoms with Gasteiger partial charge in [0.1, 0.15) is 10.6 Å². The minimum atomic E-state index is -3.65. The maximum atomic E-state index is 13.6. The first-order chi connectivity index (χ1) is 13.0. The fourth-order valence-electron chi connectivity index (χ4n) is 3.83. The van der Waals surface area contributed by atoms with E-state index < -0.39 is 10.0 Å². The van der Waals surface area contributed by atoms with Crippen LogP contribution < -0.4 is 0 Å². The molecule has 3 heterocycles. The summed E-state index contributed by atoms with van der Waals surface area (Å²) in [6.45, 7) is 4.00. The van der Waals surface area contributed by atoms with Crippen LogP contribution in [0.5, 0.6) is 0 Å². The first-order valence-corrected chi connectivity index (χ1v) is 11.5. The van der Waals surface area contributed by atoms with Crippen LogP contribution in [0.15, 0.2) is 58.9 Å². The second-order valence-corrected chi connectivity index (χ2v) is 9.82. The van der Waals surface area contributed by atoms with Gasteiger partial charge < -0.3 is 0 Å². The molecule has 27 heavy (non-hydrogen) atoms. The van der Waals surface area contributed by atoms with Crippen LogP contribution in [0.2, 0.25) is 0 Å². The van der Waals surface area contributed by atoms with E-state index in [1.807, 2.05) is 61.7 Å². The average Bonchev–Trinajstić information content (AvgIpc) is 3.32. The number of hydrogen-bond donors (Lipinski definition) is 0. The maximum absolute atomic E-state index is 13.6. The maximum Gasteiger partial charge on any atom is 0.247 e. The van der Waals surface area contributed by atoms with E-state index in [1.165, 1.54) is 11.3 Å². The Morgan fingerprint density at radius 2 is 1.74 bits per heavy atom. The van der Waals surface area contributed by atoms with Gasteiger partial charge in [-0.25, -0.2) is 13.1 Å². The number of rotatable bonds is 4. The van der Waals surface area contributed by atoms with Gasteiger partial charge in [-0.2, -0.15) is 9.40 Å². The predicted octanol–water partition coefficient (Wildman–Crippen LogP) is 4.55. The van der Waals surface area contributed by atoms with Crippen LogP contribution in [0.3, 0.4) is 0 Å². The van der Waals surface area contributed by atoms with E-state index in [1.54, 1.807) is 15.2 Å². The standard InChI is InChI=1S/C20H23N3O2S2/c1-15-8-6-9-16(2)23(15)27(24,25)19-14-22(17-10-4-3-5-11-17)21-20(19)18-12-7-13-26-18/h3-5,7,10-16H,6,8-9H2,1-2H3. The van der Waals surface area contributed by atoms with Crippen molar-refractivity contribution in [3.8, 4) is 16.3 Å². The molecule has 3 aromatic rings. The molecule has 1 fully saturated rings. The largest absolute Gasteiger partial charge is 0.247 e. The lowest BCUT2D eigenvalue weighted by Gasteiger charge is -2.37. The van der Waals surface area contributed by atoms with Gasteiger partial charge >= 0.3 is 0 Å². The third-order valence-electron chi connectivity index (χ3n) is 5.12. The minimum absolute atomic E-state index is 0.00462. The van der Waals surface area contributed by atoms with Gasteiger partial charge in [0.05, 0.1) is 16.8 Å². The SMILES string of the molecule is CC1CCCC(C)N1S(=O)(=O)c1cn(-c2ccccc2)nc1-c1cccs1. The van der Waals surface area contributed by atoms with Gasteiger partial charge in [0.2, 0.25) is 10.0 Å². The molecule has 1 saturated heterocycles. The topological polar surface area (TPSA) is 55.2 Å². The Bertz CT molecular complexity index is 1000. The molecule has 0 spiro atoms. The second kappa shape index (κ2) is 7.22. The minimum Gasteiger partial charge on any atom is -0.239 e. The van der Waals surface area contributed by atoms with E-state index in [-0.39, 0.29) is 17.0 Å². The molecule has 2 atom stereocenters. The lowest BCUT2D eigenvalue weighted by molar-refractivity contribution is 0.204. The van der Waals surface area contributed by atoms with E-state index in [9.17, 15) is 8.42 Å². The van der Waals surface area contributed by atoms with Crippen LogP contribution in [0, 0.1) is 0 Å². The summed E-state index contributed by atoms with van der Waals surface area (Å²) in [4.78, 5) is 1.15. The summed E-state index contributed by atoms with van der Waals surface area (Å²) in [5.74, 6) is 0. The number of benzene rings is 1. The van der Waals surface area contributed by atoms with E-state index in [4.69, 9.17) is 0 Å². The molecule has 0 bridgehead atoms. The number of aromatic nitrogens is 2. The zero-order valence-electron chi connectivity index (χ0n) is 15.4. The molecule has 0 radical (unpaired) electrons. The molecular formula is C20H23N3O2S2. The Morgan fingerprint density at radius 1 is 1.04 bits per heavy atom. The first-order valence-electron chi connectivity index (χ1n) is 9.21. The van der Waals surface area contributed by atoms with Gasteiger partial charge in [-0.15, -0.1) is 11.3 Å². The van der Waals surface area contributed by atoms with Crippen molar-refractivity contribution in [3.05, 3.63) is 54.0 Å². The van der Waals surface area contributed by atoms with Crippen LogP contribution in [0.4, 0.5) is 0 Å². The highest BCUT2D eigenvalue weighted by Gasteiger charge is 2.38. The number of para-hydroxylation sites is 1. The van der Waals surface area contributed by atoms with Crippen molar-refractivity contribution >= 4 is 21.4 Å². The molecule has 1 aliphatic heterocycles. The van der Waals surface area contributed by atoms with Crippen LogP contribution in [-0.4, -0.2) is 34.6 Å². The molecule has 142 valence electrons. The number of hydrogen-bond acceptors (Lipinski definition) is 4. The highest BCUT2D eigenvalue weighted by Crippen LogP contribution is 2.36. The van der Waals surface area contributed by atoms with Crippen LogP contribution >= 0.6 is 11.3 Å². The Morgan fingerprint density at radius 3 is 2.37 bits per heavy atom. The highest BCUT2D eigenvalue weighted by atomic mass is 32.2. The Kier molecular flexibility index (Phi) is 4.92. The molecule has 2 unspecified atom stereocenters. The van der Waals surface area contributed by atoms with Crippen LogP contribution in [0.1, 0.15) is 33.1 Å².